The van der Waals surface area contributed by atoms with Crippen molar-refractivity contribution < 1.29 is 4.42 Å². The molecule has 0 aromatic carbocycles. The van der Waals surface area contributed by atoms with Crippen LogP contribution in [0.4, 0.5) is 11.8 Å². The Morgan fingerprint density at radius 3 is 2.77 bits per heavy atom. The number of furan rings is 1. The van der Waals surface area contributed by atoms with E-state index in [1.807, 2.05) is 30.5 Å². The molecule has 0 amide bonds. The molecule has 1 saturated heterocycles. The predicted octanol–water partition coefficient (Wildman–Crippen LogP) is 2.46. The van der Waals surface area contributed by atoms with Crippen LogP contribution in [-0.2, 0) is 6.54 Å². The highest BCUT2D eigenvalue weighted by Gasteiger charge is 2.24. The normalized spacial score (nSPS) is 15.6. The third kappa shape index (κ3) is 3.48. The van der Waals surface area contributed by atoms with Crippen molar-refractivity contribution >= 4 is 17.4 Å². The molecule has 4 aromatic heterocycles. The summed E-state index contributed by atoms with van der Waals surface area (Å²) in [6.45, 7) is 2.75. The minimum atomic E-state index is 0.315. The maximum Gasteiger partial charge on any atom is 0.223 e. The topological polar surface area (TPSA) is 102 Å². The Morgan fingerprint density at radius 2 is 2.03 bits per heavy atom. The van der Waals surface area contributed by atoms with E-state index in [9.17, 15) is 0 Å². The van der Waals surface area contributed by atoms with Gasteiger partial charge in [0.2, 0.25) is 11.8 Å². The summed E-state index contributed by atoms with van der Waals surface area (Å²) in [6.07, 6.45) is 7.41. The number of aromatic nitrogens is 5. The lowest BCUT2D eigenvalue weighted by atomic mass is 10.0. The molecule has 30 heavy (non-hydrogen) atoms. The molecule has 9 nitrogen and oxygen atoms in total. The monoisotopic (exact) mass is 404 g/mol. The molecule has 0 aliphatic carbocycles. The zero-order valence-corrected chi connectivity index (χ0v) is 16.8. The van der Waals surface area contributed by atoms with E-state index in [-0.39, 0.29) is 0 Å². The van der Waals surface area contributed by atoms with Gasteiger partial charge < -0.3 is 15.1 Å². The quantitative estimate of drug-likeness (QED) is 0.541. The van der Waals surface area contributed by atoms with Crippen molar-refractivity contribution in [1.29, 1.82) is 0 Å². The van der Waals surface area contributed by atoms with E-state index >= 15 is 0 Å². The lowest BCUT2D eigenvalue weighted by Crippen LogP contribution is -2.43. The highest BCUT2D eigenvalue weighted by atomic mass is 16.3. The number of likely N-dealkylation sites (tertiary alicyclic amines) is 1. The van der Waals surface area contributed by atoms with Gasteiger partial charge in [-0.3, -0.25) is 4.90 Å². The van der Waals surface area contributed by atoms with Crippen LogP contribution in [0.5, 0.6) is 0 Å². The number of hydrogen-bond acceptors (Lipinski definition) is 8. The largest absolute Gasteiger partial charge is 0.461 e. The third-order valence-electron chi connectivity index (χ3n) is 5.72. The second-order valence-corrected chi connectivity index (χ2v) is 7.60. The molecule has 4 aromatic rings. The van der Waals surface area contributed by atoms with Gasteiger partial charge in [0, 0.05) is 50.7 Å². The van der Waals surface area contributed by atoms with E-state index in [2.05, 4.69) is 43.0 Å². The summed E-state index contributed by atoms with van der Waals surface area (Å²) in [7, 11) is 2.13. The molecule has 0 atom stereocenters. The van der Waals surface area contributed by atoms with Crippen molar-refractivity contribution in [2.45, 2.75) is 25.4 Å². The van der Waals surface area contributed by atoms with E-state index in [0.717, 1.165) is 49.5 Å². The first-order valence-corrected chi connectivity index (χ1v) is 10.1. The average molecular weight is 404 g/mol. The Kier molecular flexibility index (Phi) is 4.80. The number of pyridine rings is 1. The second-order valence-electron chi connectivity index (χ2n) is 7.60. The van der Waals surface area contributed by atoms with E-state index in [4.69, 9.17) is 10.2 Å². The van der Waals surface area contributed by atoms with Gasteiger partial charge in [-0.15, -0.1) is 5.10 Å². The molecule has 154 valence electrons. The Labute approximate surface area is 174 Å². The van der Waals surface area contributed by atoms with Crippen molar-refractivity contribution in [3.05, 3.63) is 54.6 Å². The SMILES string of the molecule is CN(c1ccccn1)C1CCN(Cc2cnc(N)n3nc(-c4ccco4)nc23)CC1. The van der Waals surface area contributed by atoms with Crippen LogP contribution in [0.15, 0.2) is 53.4 Å². The van der Waals surface area contributed by atoms with Gasteiger partial charge in [-0.1, -0.05) is 6.07 Å². The third-order valence-corrected chi connectivity index (χ3v) is 5.72. The molecule has 0 bridgehead atoms. The first-order chi connectivity index (χ1) is 14.7. The summed E-state index contributed by atoms with van der Waals surface area (Å²) < 4.78 is 7.02. The standard InChI is InChI=1S/C21H24N8O/c1-27(18-6-2-3-9-23-18)16-7-10-28(11-8-16)14-15-13-24-21(22)29-20(15)25-19(26-29)17-5-4-12-30-17/h2-6,9,12-13,16H,7-8,10-11,14H2,1H3,(H2,22,24). The molecule has 5 rings (SSSR count). The zero-order valence-electron chi connectivity index (χ0n) is 16.8. The van der Waals surface area contributed by atoms with E-state index in [1.54, 1.807) is 17.0 Å². The molecular formula is C21H24N8O. The lowest BCUT2D eigenvalue weighted by molar-refractivity contribution is 0.203. The molecule has 0 unspecified atom stereocenters. The number of nitrogens with zero attached hydrogens (tertiary/aromatic N) is 7. The van der Waals surface area contributed by atoms with Crippen molar-refractivity contribution in [3.8, 4) is 11.6 Å². The molecule has 1 fully saturated rings. The summed E-state index contributed by atoms with van der Waals surface area (Å²) in [4.78, 5) is 18.2. The number of rotatable bonds is 5. The van der Waals surface area contributed by atoms with Gasteiger partial charge in [0.15, 0.2) is 11.4 Å². The minimum absolute atomic E-state index is 0.315. The number of anilines is 2. The van der Waals surface area contributed by atoms with Crippen LogP contribution in [0.3, 0.4) is 0 Å². The molecule has 2 N–H and O–H groups in total. The van der Waals surface area contributed by atoms with Gasteiger partial charge in [-0.2, -0.15) is 4.52 Å². The predicted molar refractivity (Wildman–Crippen MR) is 114 cm³/mol. The van der Waals surface area contributed by atoms with E-state index < -0.39 is 0 Å². The summed E-state index contributed by atoms with van der Waals surface area (Å²) >= 11 is 0. The van der Waals surface area contributed by atoms with Gasteiger partial charge >= 0.3 is 0 Å². The summed E-state index contributed by atoms with van der Waals surface area (Å²) in [5.74, 6) is 2.46. The van der Waals surface area contributed by atoms with E-state index in [1.165, 1.54) is 0 Å². The van der Waals surface area contributed by atoms with Gasteiger partial charge in [0.25, 0.3) is 0 Å². The lowest BCUT2D eigenvalue weighted by Gasteiger charge is -2.37. The molecule has 9 heteroatoms. The maximum absolute atomic E-state index is 6.03. The Hall–Kier alpha value is -3.46. The van der Waals surface area contributed by atoms with Crippen molar-refractivity contribution in [3.63, 3.8) is 0 Å². The number of nitrogen functional groups attached to an aromatic ring is 1. The molecule has 1 aliphatic rings. The van der Waals surface area contributed by atoms with Crippen LogP contribution in [0, 0.1) is 0 Å². The van der Waals surface area contributed by atoms with Crippen LogP contribution in [-0.4, -0.2) is 55.6 Å². The number of piperidine rings is 1. The fourth-order valence-corrected chi connectivity index (χ4v) is 4.01. The van der Waals surface area contributed by atoms with Crippen molar-refractivity contribution in [2.24, 2.45) is 0 Å². The summed E-state index contributed by atoms with van der Waals surface area (Å²) in [5.41, 5.74) is 7.75. The molecule has 0 saturated carbocycles. The summed E-state index contributed by atoms with van der Waals surface area (Å²) in [5, 5.41) is 4.47. The minimum Gasteiger partial charge on any atom is -0.461 e. The molecule has 0 spiro atoms. The van der Waals surface area contributed by atoms with E-state index in [0.29, 0.717) is 23.6 Å². The maximum atomic E-state index is 6.03. The Bertz CT molecular complexity index is 1120. The Balaban J connectivity index is 1.30. The number of nitrogens with two attached hydrogens (primary N) is 1. The fraction of sp³-hybridized carbons (Fsp3) is 0.333. The van der Waals surface area contributed by atoms with Crippen molar-refractivity contribution in [1.82, 2.24) is 29.5 Å². The van der Waals surface area contributed by atoms with Gasteiger partial charge in [0.1, 0.15) is 5.82 Å². The van der Waals surface area contributed by atoms with Gasteiger partial charge in [0.05, 0.1) is 6.26 Å². The molecule has 0 radical (unpaired) electrons. The fourth-order valence-electron chi connectivity index (χ4n) is 4.01. The Morgan fingerprint density at radius 1 is 1.17 bits per heavy atom. The van der Waals surface area contributed by atoms with Crippen molar-refractivity contribution in [2.75, 3.05) is 30.8 Å². The average Bonchev–Trinajstić information content (AvgIpc) is 3.47. The molecular weight excluding hydrogens is 380 g/mol. The van der Waals surface area contributed by atoms with Crippen LogP contribution in [0.2, 0.25) is 0 Å². The van der Waals surface area contributed by atoms with Gasteiger partial charge in [-0.25, -0.2) is 15.0 Å². The smallest absolute Gasteiger partial charge is 0.223 e. The molecule has 1 aliphatic heterocycles. The van der Waals surface area contributed by atoms with Gasteiger partial charge in [-0.05, 0) is 37.1 Å². The van der Waals surface area contributed by atoms with Crippen LogP contribution < -0.4 is 10.6 Å². The highest BCUT2D eigenvalue weighted by Crippen LogP contribution is 2.24. The summed E-state index contributed by atoms with van der Waals surface area (Å²) in [6, 6.07) is 10.2. The van der Waals surface area contributed by atoms with Crippen LogP contribution in [0.1, 0.15) is 18.4 Å². The van der Waals surface area contributed by atoms with Crippen LogP contribution in [0.25, 0.3) is 17.2 Å². The first-order valence-electron chi connectivity index (χ1n) is 10.1. The highest BCUT2D eigenvalue weighted by molar-refractivity contribution is 5.57. The number of hydrogen-bond donors (Lipinski definition) is 1. The number of fused-ring (bicyclic) bond motifs is 1. The second kappa shape index (κ2) is 7.75. The van der Waals surface area contributed by atoms with Crippen LogP contribution >= 0.6 is 0 Å². The first kappa shape index (κ1) is 18.6. The zero-order chi connectivity index (χ0) is 20.5. The molecule has 5 heterocycles.